The van der Waals surface area contributed by atoms with E-state index >= 15 is 0 Å². The Kier molecular flexibility index (Phi) is 3.97. The first-order valence-corrected chi connectivity index (χ1v) is 8.44. The van der Waals surface area contributed by atoms with Crippen LogP contribution in [0.15, 0.2) is 47.1 Å². The van der Waals surface area contributed by atoms with Crippen LogP contribution >= 0.6 is 0 Å². The standard InChI is InChI=1S/C19H20N4O2/c1-11(2)18-22-19(25-23-18)13-7-8-20-16(10-13)21-17-14-6-4-3-5-12(14)9-15(17)24/h3-8,10-11,15,17,24H,9H2,1-2H3,(H,20,21)/t15-,17+/m1/s1. The molecule has 0 aliphatic heterocycles. The lowest BCUT2D eigenvalue weighted by atomic mass is 10.1. The Morgan fingerprint density at radius 2 is 2.08 bits per heavy atom. The van der Waals surface area contributed by atoms with Gasteiger partial charge in [-0.25, -0.2) is 4.98 Å². The summed E-state index contributed by atoms with van der Waals surface area (Å²) in [6.07, 6.45) is 1.87. The van der Waals surface area contributed by atoms with E-state index in [1.54, 1.807) is 6.20 Å². The number of anilines is 1. The van der Waals surface area contributed by atoms with E-state index in [0.717, 1.165) is 11.1 Å². The maximum Gasteiger partial charge on any atom is 0.258 e. The minimum Gasteiger partial charge on any atom is -0.390 e. The van der Waals surface area contributed by atoms with Gasteiger partial charge in [0.05, 0.1) is 12.1 Å². The Balaban J connectivity index is 1.60. The number of hydrogen-bond donors (Lipinski definition) is 2. The third kappa shape index (κ3) is 3.00. The molecule has 2 N–H and O–H groups in total. The van der Waals surface area contributed by atoms with Crippen molar-refractivity contribution in [3.05, 3.63) is 59.5 Å². The summed E-state index contributed by atoms with van der Waals surface area (Å²) in [7, 11) is 0. The van der Waals surface area contributed by atoms with Crippen molar-refractivity contribution in [1.29, 1.82) is 0 Å². The van der Waals surface area contributed by atoms with Crippen molar-refractivity contribution in [2.45, 2.75) is 38.3 Å². The summed E-state index contributed by atoms with van der Waals surface area (Å²) in [4.78, 5) is 8.79. The fourth-order valence-corrected chi connectivity index (χ4v) is 3.14. The van der Waals surface area contributed by atoms with E-state index in [9.17, 15) is 5.11 Å². The second-order valence-corrected chi connectivity index (χ2v) is 6.63. The minimum atomic E-state index is -0.473. The van der Waals surface area contributed by atoms with Gasteiger partial charge in [0.15, 0.2) is 5.82 Å². The van der Waals surface area contributed by atoms with Gasteiger partial charge in [0.2, 0.25) is 0 Å². The van der Waals surface area contributed by atoms with Gasteiger partial charge in [0.25, 0.3) is 5.89 Å². The highest BCUT2D eigenvalue weighted by Crippen LogP contribution is 2.34. The molecule has 0 saturated heterocycles. The molecular weight excluding hydrogens is 316 g/mol. The van der Waals surface area contributed by atoms with Crippen LogP contribution in [0.2, 0.25) is 0 Å². The molecule has 0 fully saturated rings. The summed E-state index contributed by atoms with van der Waals surface area (Å²) in [5, 5.41) is 17.7. The van der Waals surface area contributed by atoms with Crippen LogP contribution in [0, 0.1) is 0 Å². The molecule has 3 aromatic rings. The fourth-order valence-electron chi connectivity index (χ4n) is 3.14. The lowest BCUT2D eigenvalue weighted by molar-refractivity contribution is 0.165. The summed E-state index contributed by atoms with van der Waals surface area (Å²) in [5.74, 6) is 2.03. The van der Waals surface area contributed by atoms with E-state index in [4.69, 9.17) is 4.52 Å². The number of nitrogens with zero attached hydrogens (tertiary/aromatic N) is 3. The molecule has 0 amide bonds. The number of fused-ring (bicyclic) bond motifs is 1. The van der Waals surface area contributed by atoms with Crippen molar-refractivity contribution < 1.29 is 9.63 Å². The van der Waals surface area contributed by atoms with Crippen LogP contribution in [0.4, 0.5) is 5.82 Å². The Morgan fingerprint density at radius 1 is 1.24 bits per heavy atom. The van der Waals surface area contributed by atoms with Gasteiger partial charge >= 0.3 is 0 Å². The maximum atomic E-state index is 10.4. The largest absolute Gasteiger partial charge is 0.390 e. The molecule has 1 aliphatic rings. The highest BCUT2D eigenvalue weighted by molar-refractivity contribution is 5.59. The van der Waals surface area contributed by atoms with Crippen LogP contribution in [0.3, 0.4) is 0 Å². The monoisotopic (exact) mass is 336 g/mol. The fraction of sp³-hybridized carbons (Fsp3) is 0.316. The third-order valence-electron chi connectivity index (χ3n) is 4.47. The van der Waals surface area contributed by atoms with Gasteiger partial charge in [-0.1, -0.05) is 43.3 Å². The van der Waals surface area contributed by atoms with Gasteiger partial charge in [-0.15, -0.1) is 0 Å². The van der Waals surface area contributed by atoms with Crippen LogP contribution in [0.1, 0.15) is 42.8 Å². The average Bonchev–Trinajstić information content (AvgIpc) is 3.21. The maximum absolute atomic E-state index is 10.4. The predicted octanol–water partition coefficient (Wildman–Crippen LogP) is 3.33. The molecule has 0 saturated carbocycles. The molecule has 2 aromatic heterocycles. The SMILES string of the molecule is CC(C)c1noc(-c2ccnc(N[C@H]3c4ccccc4C[C@H]3O)c2)n1. The normalized spacial score (nSPS) is 19.2. The summed E-state index contributed by atoms with van der Waals surface area (Å²) in [5.41, 5.74) is 3.09. The number of benzene rings is 1. The van der Waals surface area contributed by atoms with Crippen LogP contribution < -0.4 is 5.32 Å². The molecular formula is C19H20N4O2. The van der Waals surface area contributed by atoms with Crippen molar-refractivity contribution in [3.63, 3.8) is 0 Å². The number of rotatable bonds is 4. The van der Waals surface area contributed by atoms with Crippen molar-refractivity contribution >= 4 is 5.82 Å². The first-order chi connectivity index (χ1) is 12.1. The number of aliphatic hydroxyl groups excluding tert-OH is 1. The predicted molar refractivity (Wildman–Crippen MR) is 94.1 cm³/mol. The minimum absolute atomic E-state index is 0.173. The third-order valence-corrected chi connectivity index (χ3v) is 4.47. The number of hydrogen-bond acceptors (Lipinski definition) is 6. The molecule has 0 unspecified atom stereocenters. The molecule has 25 heavy (non-hydrogen) atoms. The average molecular weight is 336 g/mol. The Bertz CT molecular complexity index is 890. The zero-order valence-electron chi connectivity index (χ0n) is 14.2. The topological polar surface area (TPSA) is 84.1 Å². The Labute approximate surface area is 145 Å². The van der Waals surface area contributed by atoms with Crippen molar-refractivity contribution in [1.82, 2.24) is 15.1 Å². The highest BCUT2D eigenvalue weighted by atomic mass is 16.5. The van der Waals surface area contributed by atoms with E-state index in [2.05, 4.69) is 26.5 Å². The zero-order valence-corrected chi connectivity index (χ0v) is 14.2. The molecule has 6 heteroatoms. The summed E-state index contributed by atoms with van der Waals surface area (Å²) >= 11 is 0. The smallest absolute Gasteiger partial charge is 0.258 e. The second-order valence-electron chi connectivity index (χ2n) is 6.63. The van der Waals surface area contributed by atoms with E-state index in [1.165, 1.54) is 5.56 Å². The zero-order chi connectivity index (χ0) is 17.4. The van der Waals surface area contributed by atoms with Gasteiger partial charge in [-0.05, 0) is 23.3 Å². The number of nitrogens with one attached hydrogen (secondary N) is 1. The molecule has 128 valence electrons. The van der Waals surface area contributed by atoms with Crippen LogP contribution in [-0.4, -0.2) is 26.3 Å². The van der Waals surface area contributed by atoms with Crippen LogP contribution in [-0.2, 0) is 6.42 Å². The number of aromatic nitrogens is 3. The molecule has 1 aromatic carbocycles. The second kappa shape index (κ2) is 6.29. The molecule has 2 heterocycles. The van der Waals surface area contributed by atoms with E-state index < -0.39 is 6.10 Å². The Morgan fingerprint density at radius 3 is 2.88 bits per heavy atom. The number of aliphatic hydroxyl groups is 1. The van der Waals surface area contributed by atoms with Gasteiger partial charge in [-0.3, -0.25) is 0 Å². The Hall–Kier alpha value is -2.73. The molecule has 4 rings (SSSR count). The summed E-state index contributed by atoms with van der Waals surface area (Å²) in [6.45, 7) is 4.04. The van der Waals surface area contributed by atoms with Crippen molar-refractivity contribution in [2.75, 3.05) is 5.32 Å². The van der Waals surface area contributed by atoms with Crippen LogP contribution in [0.25, 0.3) is 11.5 Å². The quantitative estimate of drug-likeness (QED) is 0.760. The molecule has 0 bridgehead atoms. The van der Waals surface area contributed by atoms with Gasteiger partial charge in [0.1, 0.15) is 5.82 Å². The van der Waals surface area contributed by atoms with E-state index in [1.807, 2.05) is 44.2 Å². The summed E-state index contributed by atoms with van der Waals surface area (Å²) in [6, 6.07) is 11.6. The molecule has 0 radical (unpaired) electrons. The van der Waals surface area contributed by atoms with Crippen molar-refractivity contribution in [2.24, 2.45) is 0 Å². The molecule has 2 atom stereocenters. The van der Waals surface area contributed by atoms with Gasteiger partial charge in [0, 0.05) is 24.1 Å². The first-order valence-electron chi connectivity index (χ1n) is 8.44. The van der Waals surface area contributed by atoms with Crippen molar-refractivity contribution in [3.8, 4) is 11.5 Å². The molecule has 1 aliphatic carbocycles. The highest BCUT2D eigenvalue weighted by Gasteiger charge is 2.30. The first kappa shape index (κ1) is 15.8. The van der Waals surface area contributed by atoms with Gasteiger partial charge in [-0.2, -0.15) is 4.98 Å². The van der Waals surface area contributed by atoms with E-state index in [-0.39, 0.29) is 12.0 Å². The lowest BCUT2D eigenvalue weighted by Crippen LogP contribution is -2.21. The number of pyridine rings is 1. The summed E-state index contributed by atoms with van der Waals surface area (Å²) < 4.78 is 5.35. The van der Waals surface area contributed by atoms with Gasteiger partial charge < -0.3 is 14.9 Å². The lowest BCUT2D eigenvalue weighted by Gasteiger charge is -2.18. The van der Waals surface area contributed by atoms with Crippen LogP contribution in [0.5, 0.6) is 0 Å². The molecule has 6 nitrogen and oxygen atoms in total. The molecule has 0 spiro atoms. The van der Waals surface area contributed by atoms with E-state index in [0.29, 0.717) is 24.0 Å².